The number of nitrogens with two attached hydrogens (primary N) is 1. The molecule has 0 aliphatic carbocycles. The third-order valence-electron chi connectivity index (χ3n) is 3.61. The van der Waals surface area contributed by atoms with Crippen molar-refractivity contribution in [2.45, 2.75) is 25.8 Å². The van der Waals surface area contributed by atoms with E-state index < -0.39 is 0 Å². The highest BCUT2D eigenvalue weighted by molar-refractivity contribution is 5.73. The van der Waals surface area contributed by atoms with Gasteiger partial charge in [-0.2, -0.15) is 0 Å². The summed E-state index contributed by atoms with van der Waals surface area (Å²) in [6.07, 6.45) is 2.37. The molecule has 0 amide bonds. The van der Waals surface area contributed by atoms with Crippen LogP contribution in [-0.4, -0.2) is 32.7 Å². The van der Waals surface area contributed by atoms with E-state index in [1.54, 1.807) is 0 Å². The van der Waals surface area contributed by atoms with Crippen molar-refractivity contribution in [3.05, 3.63) is 24.3 Å². The van der Waals surface area contributed by atoms with Crippen molar-refractivity contribution in [3.8, 4) is 0 Å². The molecule has 2 N–H and O–H groups in total. The first-order chi connectivity index (χ1) is 8.27. The van der Waals surface area contributed by atoms with E-state index in [0.29, 0.717) is 6.04 Å². The average Bonchev–Trinajstić information content (AvgIpc) is 2.37. The van der Waals surface area contributed by atoms with Gasteiger partial charge in [-0.3, -0.25) is 0 Å². The van der Waals surface area contributed by atoms with Crippen LogP contribution in [0.2, 0.25) is 0 Å². The van der Waals surface area contributed by atoms with Gasteiger partial charge in [-0.25, -0.2) is 0 Å². The first-order valence-corrected chi connectivity index (χ1v) is 6.54. The molecule has 1 aliphatic heterocycles. The van der Waals surface area contributed by atoms with Crippen LogP contribution in [0.4, 0.5) is 11.4 Å². The molecular weight excluding hydrogens is 210 g/mol. The number of nitrogens with zero attached hydrogens (tertiary/aromatic N) is 2. The van der Waals surface area contributed by atoms with Crippen LogP contribution in [0, 0.1) is 0 Å². The number of rotatable bonds is 4. The summed E-state index contributed by atoms with van der Waals surface area (Å²) in [6.45, 7) is 5.13. The Labute approximate surface area is 104 Å². The molecule has 0 saturated heterocycles. The van der Waals surface area contributed by atoms with Crippen molar-refractivity contribution in [3.63, 3.8) is 0 Å². The normalized spacial score (nSPS) is 16.9. The molecule has 17 heavy (non-hydrogen) atoms. The quantitative estimate of drug-likeness (QED) is 0.864. The number of likely N-dealkylation sites (N-methyl/N-ethyl adjacent to an activating group) is 1. The van der Waals surface area contributed by atoms with Crippen LogP contribution in [0.25, 0.3) is 0 Å². The Morgan fingerprint density at radius 2 is 1.94 bits per heavy atom. The summed E-state index contributed by atoms with van der Waals surface area (Å²) < 4.78 is 0. The Kier molecular flexibility index (Phi) is 3.89. The van der Waals surface area contributed by atoms with Crippen molar-refractivity contribution in [2.75, 3.05) is 36.5 Å². The molecule has 1 aromatic rings. The molecule has 0 spiro atoms. The van der Waals surface area contributed by atoms with Gasteiger partial charge in [0.05, 0.1) is 11.4 Å². The predicted octanol–water partition coefficient (Wildman–Crippen LogP) is 2.07. The standard InChI is InChI=1S/C14H23N3/c1-3-6-12(11-15)17-10-9-16(2)13-7-4-5-8-14(13)17/h4-5,7-8,12H,3,6,9-11,15H2,1-2H3. The average molecular weight is 233 g/mol. The highest BCUT2D eigenvalue weighted by Crippen LogP contribution is 2.33. The topological polar surface area (TPSA) is 32.5 Å². The second-order valence-electron chi connectivity index (χ2n) is 4.78. The number of benzene rings is 1. The summed E-state index contributed by atoms with van der Waals surface area (Å²) in [5.74, 6) is 0. The Hall–Kier alpha value is -1.22. The fraction of sp³-hybridized carbons (Fsp3) is 0.571. The van der Waals surface area contributed by atoms with Crippen LogP contribution < -0.4 is 15.5 Å². The summed E-state index contributed by atoms with van der Waals surface area (Å²) in [4.78, 5) is 4.81. The molecule has 0 aromatic heterocycles. The Morgan fingerprint density at radius 1 is 1.24 bits per heavy atom. The van der Waals surface area contributed by atoms with E-state index in [1.165, 1.54) is 24.2 Å². The van der Waals surface area contributed by atoms with Crippen LogP contribution in [-0.2, 0) is 0 Å². The number of anilines is 2. The number of hydrogen-bond donors (Lipinski definition) is 1. The predicted molar refractivity (Wildman–Crippen MR) is 74.8 cm³/mol. The molecule has 1 unspecified atom stereocenters. The SMILES string of the molecule is CCCC(CN)N1CCN(C)c2ccccc21. The smallest absolute Gasteiger partial charge is 0.0607 e. The molecule has 1 atom stereocenters. The van der Waals surface area contributed by atoms with Crippen molar-refractivity contribution in [1.29, 1.82) is 0 Å². The molecule has 0 bridgehead atoms. The monoisotopic (exact) mass is 233 g/mol. The molecule has 3 heteroatoms. The molecular formula is C14H23N3. The maximum atomic E-state index is 5.93. The zero-order valence-electron chi connectivity index (χ0n) is 10.9. The third kappa shape index (κ3) is 2.39. The summed E-state index contributed by atoms with van der Waals surface area (Å²) in [5, 5.41) is 0. The van der Waals surface area contributed by atoms with Crippen LogP contribution in [0.3, 0.4) is 0 Å². The van der Waals surface area contributed by atoms with E-state index >= 15 is 0 Å². The Balaban J connectivity index is 2.28. The Morgan fingerprint density at radius 3 is 2.59 bits per heavy atom. The van der Waals surface area contributed by atoms with E-state index in [0.717, 1.165) is 19.6 Å². The van der Waals surface area contributed by atoms with Gasteiger partial charge in [0.1, 0.15) is 0 Å². The van der Waals surface area contributed by atoms with Crippen molar-refractivity contribution in [2.24, 2.45) is 5.73 Å². The minimum atomic E-state index is 0.481. The van der Waals surface area contributed by atoms with E-state index in [1.807, 2.05) is 0 Å². The van der Waals surface area contributed by atoms with Gasteiger partial charge in [-0.05, 0) is 18.6 Å². The van der Waals surface area contributed by atoms with Gasteiger partial charge in [0.25, 0.3) is 0 Å². The summed E-state index contributed by atoms with van der Waals surface area (Å²) in [5.41, 5.74) is 8.59. The van der Waals surface area contributed by atoms with Crippen LogP contribution in [0.1, 0.15) is 19.8 Å². The summed E-state index contributed by atoms with van der Waals surface area (Å²) >= 11 is 0. The van der Waals surface area contributed by atoms with Gasteiger partial charge in [-0.1, -0.05) is 25.5 Å². The van der Waals surface area contributed by atoms with E-state index in [9.17, 15) is 0 Å². The van der Waals surface area contributed by atoms with Gasteiger partial charge in [0.15, 0.2) is 0 Å². The van der Waals surface area contributed by atoms with Crippen LogP contribution >= 0.6 is 0 Å². The highest BCUT2D eigenvalue weighted by Gasteiger charge is 2.24. The molecule has 94 valence electrons. The van der Waals surface area contributed by atoms with E-state index in [4.69, 9.17) is 5.73 Å². The van der Waals surface area contributed by atoms with Crippen molar-refractivity contribution >= 4 is 11.4 Å². The minimum Gasteiger partial charge on any atom is -0.371 e. The maximum absolute atomic E-state index is 5.93. The zero-order chi connectivity index (χ0) is 12.3. The lowest BCUT2D eigenvalue weighted by molar-refractivity contribution is 0.541. The molecule has 1 heterocycles. The van der Waals surface area contributed by atoms with Gasteiger partial charge < -0.3 is 15.5 Å². The molecule has 2 rings (SSSR count). The lowest BCUT2D eigenvalue weighted by atomic mass is 10.1. The largest absolute Gasteiger partial charge is 0.371 e. The van der Waals surface area contributed by atoms with Crippen LogP contribution in [0.15, 0.2) is 24.3 Å². The Bertz CT molecular complexity index is 364. The molecule has 3 nitrogen and oxygen atoms in total. The van der Waals surface area contributed by atoms with E-state index in [-0.39, 0.29) is 0 Å². The lowest BCUT2D eigenvalue weighted by Crippen LogP contribution is -2.47. The number of para-hydroxylation sites is 2. The second-order valence-corrected chi connectivity index (χ2v) is 4.78. The van der Waals surface area contributed by atoms with Gasteiger partial charge in [0.2, 0.25) is 0 Å². The van der Waals surface area contributed by atoms with Crippen molar-refractivity contribution in [1.82, 2.24) is 0 Å². The van der Waals surface area contributed by atoms with E-state index in [2.05, 4.69) is 48.0 Å². The maximum Gasteiger partial charge on any atom is 0.0607 e. The number of fused-ring (bicyclic) bond motifs is 1. The third-order valence-corrected chi connectivity index (χ3v) is 3.61. The first-order valence-electron chi connectivity index (χ1n) is 6.54. The fourth-order valence-corrected chi connectivity index (χ4v) is 2.64. The molecule has 0 fully saturated rings. The van der Waals surface area contributed by atoms with Gasteiger partial charge >= 0.3 is 0 Å². The van der Waals surface area contributed by atoms with Gasteiger partial charge in [-0.15, -0.1) is 0 Å². The molecule has 1 aliphatic rings. The minimum absolute atomic E-state index is 0.481. The molecule has 0 saturated carbocycles. The molecule has 0 radical (unpaired) electrons. The summed E-state index contributed by atoms with van der Waals surface area (Å²) in [7, 11) is 2.16. The summed E-state index contributed by atoms with van der Waals surface area (Å²) in [6, 6.07) is 9.11. The first kappa shape index (κ1) is 12.2. The highest BCUT2D eigenvalue weighted by atomic mass is 15.3. The fourth-order valence-electron chi connectivity index (χ4n) is 2.64. The lowest BCUT2D eigenvalue weighted by Gasteiger charge is -2.41. The second kappa shape index (κ2) is 5.41. The molecule has 1 aromatic carbocycles. The van der Waals surface area contributed by atoms with Gasteiger partial charge in [0, 0.05) is 32.7 Å². The number of hydrogen-bond acceptors (Lipinski definition) is 3. The van der Waals surface area contributed by atoms with Crippen LogP contribution in [0.5, 0.6) is 0 Å². The van der Waals surface area contributed by atoms with Crippen molar-refractivity contribution < 1.29 is 0 Å². The zero-order valence-corrected chi connectivity index (χ0v) is 10.9.